The Morgan fingerprint density at radius 1 is 0.900 bits per heavy atom. The highest BCUT2D eigenvalue weighted by molar-refractivity contribution is 5.40. The third-order valence-electron chi connectivity index (χ3n) is 7.53. The van der Waals surface area contributed by atoms with Crippen molar-refractivity contribution in [1.82, 2.24) is 0 Å². The molecule has 0 amide bonds. The van der Waals surface area contributed by atoms with Gasteiger partial charge in [0.2, 0.25) is 0 Å². The molecule has 2 aromatic rings. The standard InChI is InChI=1S/C29H38O/c1-3-5-6-19-30-29-18-17-27-20-26(15-16-28(27)21-29)25-13-11-24(12-14-25)23-9-7-22(4-2)8-10-23/h3,11-14,17-18,21-23,26H,1,4-10,15-16,19-20H2,2H3. The maximum atomic E-state index is 5.92. The topological polar surface area (TPSA) is 9.23 Å². The van der Waals surface area contributed by atoms with Gasteiger partial charge in [0, 0.05) is 0 Å². The molecule has 2 aliphatic carbocycles. The first kappa shape index (κ1) is 21.2. The number of ether oxygens (including phenoxy) is 1. The molecular weight excluding hydrogens is 364 g/mol. The van der Waals surface area contributed by atoms with Crippen molar-refractivity contribution in [3.8, 4) is 5.75 Å². The van der Waals surface area contributed by atoms with Gasteiger partial charge in [0.1, 0.15) is 5.75 Å². The van der Waals surface area contributed by atoms with E-state index in [9.17, 15) is 0 Å². The number of rotatable bonds is 8. The SMILES string of the molecule is C=CCCCOc1ccc2c(c1)CCC(c1ccc(C3CCC(CC)CC3)cc1)C2. The van der Waals surface area contributed by atoms with Gasteiger partial charge in [-0.25, -0.2) is 0 Å². The summed E-state index contributed by atoms with van der Waals surface area (Å²) in [6, 6.07) is 16.4. The van der Waals surface area contributed by atoms with E-state index >= 15 is 0 Å². The minimum atomic E-state index is 0.654. The van der Waals surface area contributed by atoms with Crippen LogP contribution in [-0.2, 0) is 12.8 Å². The Kier molecular flexibility index (Phi) is 7.31. The molecule has 2 aliphatic rings. The molecule has 0 heterocycles. The van der Waals surface area contributed by atoms with E-state index in [-0.39, 0.29) is 0 Å². The Labute approximate surface area is 183 Å². The zero-order valence-electron chi connectivity index (χ0n) is 18.7. The lowest BCUT2D eigenvalue weighted by Gasteiger charge is -2.29. The Bertz CT molecular complexity index is 811. The second-order valence-electron chi connectivity index (χ2n) is 9.44. The molecule has 1 unspecified atom stereocenters. The molecule has 0 N–H and O–H groups in total. The van der Waals surface area contributed by atoms with Crippen LogP contribution in [0.15, 0.2) is 55.1 Å². The molecule has 1 heteroatoms. The van der Waals surface area contributed by atoms with Crippen LogP contribution in [-0.4, -0.2) is 6.61 Å². The molecule has 0 bridgehead atoms. The van der Waals surface area contributed by atoms with Gasteiger partial charge in [0.25, 0.3) is 0 Å². The Morgan fingerprint density at radius 2 is 1.63 bits per heavy atom. The van der Waals surface area contributed by atoms with Crippen molar-refractivity contribution >= 4 is 0 Å². The molecule has 160 valence electrons. The maximum absolute atomic E-state index is 5.92. The largest absolute Gasteiger partial charge is 0.494 e. The number of unbranched alkanes of at least 4 members (excludes halogenated alkanes) is 1. The quantitative estimate of drug-likeness (QED) is 0.321. The molecule has 4 rings (SSSR count). The molecule has 1 nitrogen and oxygen atoms in total. The zero-order chi connectivity index (χ0) is 20.8. The fourth-order valence-corrected chi connectivity index (χ4v) is 5.47. The van der Waals surface area contributed by atoms with Crippen LogP contribution in [0.2, 0.25) is 0 Å². The normalized spacial score (nSPS) is 23.6. The summed E-state index contributed by atoms with van der Waals surface area (Å²) in [6.07, 6.45) is 14.5. The van der Waals surface area contributed by atoms with E-state index in [0.29, 0.717) is 5.92 Å². The molecular formula is C29H38O. The van der Waals surface area contributed by atoms with Gasteiger partial charge in [-0.15, -0.1) is 6.58 Å². The molecule has 0 aliphatic heterocycles. The highest BCUT2D eigenvalue weighted by atomic mass is 16.5. The molecule has 1 saturated carbocycles. The molecule has 0 radical (unpaired) electrons. The molecule has 0 spiro atoms. The number of aryl methyl sites for hydroxylation is 1. The van der Waals surface area contributed by atoms with Crippen molar-refractivity contribution in [3.05, 3.63) is 77.4 Å². The van der Waals surface area contributed by atoms with Gasteiger partial charge in [-0.3, -0.25) is 0 Å². The van der Waals surface area contributed by atoms with Gasteiger partial charge in [-0.2, -0.15) is 0 Å². The lowest BCUT2D eigenvalue weighted by Crippen LogP contribution is -2.14. The van der Waals surface area contributed by atoms with Crippen LogP contribution in [0.4, 0.5) is 0 Å². The van der Waals surface area contributed by atoms with Crippen molar-refractivity contribution in [1.29, 1.82) is 0 Å². The Balaban J connectivity index is 1.34. The van der Waals surface area contributed by atoms with Gasteiger partial charge in [-0.1, -0.05) is 49.8 Å². The smallest absolute Gasteiger partial charge is 0.119 e. The molecule has 1 atom stereocenters. The minimum absolute atomic E-state index is 0.654. The van der Waals surface area contributed by atoms with Crippen LogP contribution in [0.5, 0.6) is 5.75 Å². The molecule has 2 aromatic carbocycles. The predicted molar refractivity (Wildman–Crippen MR) is 128 cm³/mol. The van der Waals surface area contributed by atoms with Crippen molar-refractivity contribution < 1.29 is 4.74 Å². The Morgan fingerprint density at radius 3 is 2.33 bits per heavy atom. The summed E-state index contributed by atoms with van der Waals surface area (Å²) in [7, 11) is 0. The summed E-state index contributed by atoms with van der Waals surface area (Å²) in [6.45, 7) is 6.90. The second kappa shape index (κ2) is 10.3. The van der Waals surface area contributed by atoms with Crippen LogP contribution in [0.25, 0.3) is 0 Å². The summed E-state index contributed by atoms with van der Waals surface area (Å²) < 4.78 is 5.92. The van der Waals surface area contributed by atoms with E-state index in [1.807, 2.05) is 6.08 Å². The average molecular weight is 403 g/mol. The zero-order valence-corrected chi connectivity index (χ0v) is 18.7. The van der Waals surface area contributed by atoms with Crippen LogP contribution in [0, 0.1) is 5.92 Å². The first-order valence-corrected chi connectivity index (χ1v) is 12.2. The van der Waals surface area contributed by atoms with Gasteiger partial charge in [-0.05, 0) is 110 Å². The van der Waals surface area contributed by atoms with Crippen LogP contribution in [0.1, 0.15) is 92.4 Å². The monoisotopic (exact) mass is 402 g/mol. The fourth-order valence-electron chi connectivity index (χ4n) is 5.47. The number of hydrogen-bond donors (Lipinski definition) is 0. The van der Waals surface area contributed by atoms with E-state index in [0.717, 1.165) is 49.9 Å². The third-order valence-corrected chi connectivity index (χ3v) is 7.53. The van der Waals surface area contributed by atoms with Crippen molar-refractivity contribution in [2.24, 2.45) is 5.92 Å². The number of benzene rings is 2. The predicted octanol–water partition coefficient (Wildman–Crippen LogP) is 7.99. The number of fused-ring (bicyclic) bond motifs is 1. The van der Waals surface area contributed by atoms with Gasteiger partial charge < -0.3 is 4.74 Å². The van der Waals surface area contributed by atoms with Crippen molar-refractivity contribution in [2.45, 2.75) is 83.0 Å². The lowest BCUT2D eigenvalue weighted by molar-refractivity contribution is 0.311. The summed E-state index contributed by atoms with van der Waals surface area (Å²) >= 11 is 0. The van der Waals surface area contributed by atoms with E-state index in [4.69, 9.17) is 4.74 Å². The molecule has 0 saturated heterocycles. The fraction of sp³-hybridized carbons (Fsp3) is 0.517. The summed E-state index contributed by atoms with van der Waals surface area (Å²) in [5.41, 5.74) is 6.09. The van der Waals surface area contributed by atoms with Crippen molar-refractivity contribution in [3.63, 3.8) is 0 Å². The molecule has 30 heavy (non-hydrogen) atoms. The van der Waals surface area contributed by atoms with Crippen LogP contribution >= 0.6 is 0 Å². The third kappa shape index (κ3) is 5.17. The first-order chi connectivity index (χ1) is 14.8. The van der Waals surface area contributed by atoms with Crippen LogP contribution in [0.3, 0.4) is 0 Å². The van der Waals surface area contributed by atoms with Gasteiger partial charge >= 0.3 is 0 Å². The number of hydrogen-bond acceptors (Lipinski definition) is 1. The lowest BCUT2D eigenvalue weighted by atomic mass is 9.76. The van der Waals surface area contributed by atoms with Gasteiger partial charge in [0.15, 0.2) is 0 Å². The Hall–Kier alpha value is -2.02. The highest BCUT2D eigenvalue weighted by Gasteiger charge is 2.23. The second-order valence-corrected chi connectivity index (χ2v) is 9.44. The van der Waals surface area contributed by atoms with Gasteiger partial charge in [0.05, 0.1) is 6.61 Å². The average Bonchev–Trinajstić information content (AvgIpc) is 2.81. The van der Waals surface area contributed by atoms with E-state index in [1.54, 1.807) is 5.56 Å². The summed E-state index contributed by atoms with van der Waals surface area (Å²) in [5, 5.41) is 0. The molecule has 0 aromatic heterocycles. The van der Waals surface area contributed by atoms with E-state index in [1.165, 1.54) is 55.2 Å². The highest BCUT2D eigenvalue weighted by Crippen LogP contribution is 2.38. The van der Waals surface area contributed by atoms with E-state index < -0.39 is 0 Å². The molecule has 1 fully saturated rings. The van der Waals surface area contributed by atoms with Crippen molar-refractivity contribution in [2.75, 3.05) is 6.61 Å². The number of allylic oxidation sites excluding steroid dienone is 1. The van der Waals surface area contributed by atoms with E-state index in [2.05, 4.69) is 56.0 Å². The van der Waals surface area contributed by atoms with Crippen LogP contribution < -0.4 is 4.74 Å². The summed E-state index contributed by atoms with van der Waals surface area (Å²) in [4.78, 5) is 0. The minimum Gasteiger partial charge on any atom is -0.494 e. The summed E-state index contributed by atoms with van der Waals surface area (Å²) in [5.74, 6) is 3.44. The maximum Gasteiger partial charge on any atom is 0.119 e. The first-order valence-electron chi connectivity index (χ1n) is 12.2.